The van der Waals surface area contributed by atoms with Gasteiger partial charge in [0, 0.05) is 22.4 Å². The average Bonchev–Trinajstić information content (AvgIpc) is 3.46. The van der Waals surface area contributed by atoms with E-state index in [1.54, 1.807) is 0 Å². The van der Waals surface area contributed by atoms with Gasteiger partial charge in [0.1, 0.15) is 0 Å². The average molecular weight is 696 g/mol. The Morgan fingerprint density at radius 2 is 1.11 bits per heavy atom. The van der Waals surface area contributed by atoms with E-state index < -0.39 is 0 Å². The molecule has 1 fully saturated rings. The third-order valence-electron chi connectivity index (χ3n) is 12.5. The lowest BCUT2D eigenvalue weighted by Gasteiger charge is -2.30. The zero-order valence-electron chi connectivity index (χ0n) is 31.2. The summed E-state index contributed by atoms with van der Waals surface area (Å²) in [7, 11) is 0. The fourth-order valence-electron chi connectivity index (χ4n) is 9.66. The number of hydrogen-bond acceptors (Lipinski definition) is 1. The Hall–Kier alpha value is -5.92. The molecule has 0 atom stereocenters. The van der Waals surface area contributed by atoms with Crippen molar-refractivity contribution in [2.45, 2.75) is 57.3 Å². The number of anilines is 3. The minimum atomic E-state index is -0.0595. The van der Waals surface area contributed by atoms with Crippen molar-refractivity contribution in [3.05, 3.63) is 187 Å². The van der Waals surface area contributed by atoms with Crippen LogP contribution in [0, 0.1) is 0 Å². The molecule has 0 aliphatic heterocycles. The predicted molar refractivity (Wildman–Crippen MR) is 230 cm³/mol. The highest BCUT2D eigenvalue weighted by molar-refractivity contribution is 6.11. The number of nitrogens with zero attached hydrogens (tertiary/aromatic N) is 1. The maximum Gasteiger partial charge on any atom is 0.0546 e. The van der Waals surface area contributed by atoms with Crippen molar-refractivity contribution in [2.75, 3.05) is 4.90 Å². The van der Waals surface area contributed by atoms with Gasteiger partial charge >= 0.3 is 0 Å². The van der Waals surface area contributed by atoms with Gasteiger partial charge in [0.2, 0.25) is 0 Å². The zero-order valence-corrected chi connectivity index (χ0v) is 31.2. The minimum absolute atomic E-state index is 0.0595. The predicted octanol–water partition coefficient (Wildman–Crippen LogP) is 15.2. The van der Waals surface area contributed by atoms with Gasteiger partial charge in [0.05, 0.1) is 5.69 Å². The van der Waals surface area contributed by atoms with Gasteiger partial charge in [-0.2, -0.15) is 0 Å². The van der Waals surface area contributed by atoms with Gasteiger partial charge in [-0.05, 0) is 115 Å². The molecule has 0 amide bonds. The summed E-state index contributed by atoms with van der Waals surface area (Å²) in [5.74, 6) is 0.699. The second kappa shape index (κ2) is 13.2. The van der Waals surface area contributed by atoms with Crippen LogP contribution in [0.2, 0.25) is 0 Å². The van der Waals surface area contributed by atoms with Gasteiger partial charge in [0.25, 0.3) is 0 Å². The van der Waals surface area contributed by atoms with E-state index in [1.807, 2.05) is 0 Å². The van der Waals surface area contributed by atoms with Crippen molar-refractivity contribution in [3.8, 4) is 33.4 Å². The topological polar surface area (TPSA) is 3.24 Å². The summed E-state index contributed by atoms with van der Waals surface area (Å²) in [6, 6.07) is 63.8. The Balaban J connectivity index is 1.20. The molecule has 0 radical (unpaired) electrons. The van der Waals surface area contributed by atoms with E-state index in [2.05, 4.69) is 189 Å². The standard InChI is InChI=1S/C53H45N/c1-53(2)49-25-11-10-23-46(49)48-35-43(31-32-50(48)53)54(42-20-12-19-41(34-42)38-28-26-37(27-29-38)36-14-4-3-5-15-36)51-33-30-40-17-7-9-22-45(40)52(51)47-24-13-18-39-16-6-8-21-44(39)47/h6-13,16-36H,3-5,14-15H2,1-2H3. The molecule has 0 heterocycles. The van der Waals surface area contributed by atoms with Crippen LogP contribution < -0.4 is 4.90 Å². The van der Waals surface area contributed by atoms with Gasteiger partial charge in [-0.15, -0.1) is 0 Å². The molecule has 0 N–H and O–H groups in total. The van der Waals surface area contributed by atoms with Crippen LogP contribution in [0.15, 0.2) is 170 Å². The molecule has 0 bridgehead atoms. The van der Waals surface area contributed by atoms with Crippen LogP contribution in [-0.2, 0) is 5.41 Å². The van der Waals surface area contributed by atoms with E-state index in [1.165, 1.54) is 109 Å². The summed E-state index contributed by atoms with van der Waals surface area (Å²) in [5, 5.41) is 4.99. The third-order valence-corrected chi connectivity index (χ3v) is 12.5. The molecule has 0 spiro atoms. The van der Waals surface area contributed by atoms with Gasteiger partial charge in [0.15, 0.2) is 0 Å². The van der Waals surface area contributed by atoms with Crippen LogP contribution >= 0.6 is 0 Å². The summed E-state index contributed by atoms with van der Waals surface area (Å²) in [5.41, 5.74) is 15.3. The van der Waals surface area contributed by atoms with E-state index in [9.17, 15) is 0 Å². The number of fused-ring (bicyclic) bond motifs is 5. The summed E-state index contributed by atoms with van der Waals surface area (Å²) >= 11 is 0. The smallest absolute Gasteiger partial charge is 0.0546 e. The molecule has 8 aromatic rings. The second-order valence-corrected chi connectivity index (χ2v) is 16.0. The van der Waals surface area contributed by atoms with E-state index >= 15 is 0 Å². The van der Waals surface area contributed by atoms with Crippen LogP contribution in [0.4, 0.5) is 17.1 Å². The zero-order chi connectivity index (χ0) is 36.2. The van der Waals surface area contributed by atoms with Gasteiger partial charge in [-0.3, -0.25) is 0 Å². The van der Waals surface area contributed by atoms with E-state index in [0.717, 1.165) is 11.4 Å². The molecule has 1 nitrogen and oxygen atoms in total. The number of benzene rings is 8. The molecule has 2 aliphatic rings. The largest absolute Gasteiger partial charge is 0.310 e. The summed E-state index contributed by atoms with van der Waals surface area (Å²) in [6.07, 6.45) is 6.72. The van der Waals surface area contributed by atoms with E-state index in [4.69, 9.17) is 0 Å². The van der Waals surface area contributed by atoms with Crippen LogP contribution in [0.5, 0.6) is 0 Å². The highest BCUT2D eigenvalue weighted by atomic mass is 15.1. The van der Waals surface area contributed by atoms with Crippen molar-refractivity contribution < 1.29 is 0 Å². The summed E-state index contributed by atoms with van der Waals surface area (Å²) in [6.45, 7) is 4.72. The van der Waals surface area contributed by atoms with E-state index in [-0.39, 0.29) is 5.41 Å². The quantitative estimate of drug-likeness (QED) is 0.167. The monoisotopic (exact) mass is 695 g/mol. The van der Waals surface area contributed by atoms with Crippen molar-refractivity contribution in [1.29, 1.82) is 0 Å². The molecule has 10 rings (SSSR count). The SMILES string of the molecule is CC1(C)c2ccccc2-c2cc(N(c3cccc(-c4ccc(C5CCCCC5)cc4)c3)c3ccc4ccccc4c3-c3cccc4ccccc34)ccc21. The molecule has 0 saturated heterocycles. The molecular weight excluding hydrogens is 651 g/mol. The van der Waals surface area contributed by atoms with Crippen molar-refractivity contribution in [1.82, 2.24) is 0 Å². The second-order valence-electron chi connectivity index (χ2n) is 16.0. The fourth-order valence-corrected chi connectivity index (χ4v) is 9.66. The first-order valence-electron chi connectivity index (χ1n) is 19.8. The van der Waals surface area contributed by atoms with Crippen molar-refractivity contribution >= 4 is 38.6 Å². The maximum absolute atomic E-state index is 2.51. The highest BCUT2D eigenvalue weighted by Gasteiger charge is 2.35. The highest BCUT2D eigenvalue weighted by Crippen LogP contribution is 2.52. The first kappa shape index (κ1) is 32.7. The first-order valence-corrected chi connectivity index (χ1v) is 19.8. The lowest BCUT2D eigenvalue weighted by molar-refractivity contribution is 0.443. The third kappa shape index (κ3) is 5.45. The van der Waals surface area contributed by atoms with E-state index in [0.29, 0.717) is 5.92 Å². The molecule has 1 saturated carbocycles. The fraction of sp³-hybridized carbons (Fsp3) is 0.170. The summed E-state index contributed by atoms with van der Waals surface area (Å²) in [4.78, 5) is 2.51. The Kier molecular flexibility index (Phi) is 7.99. The minimum Gasteiger partial charge on any atom is -0.310 e. The molecule has 0 aromatic heterocycles. The molecule has 262 valence electrons. The van der Waals surface area contributed by atoms with Crippen LogP contribution in [0.3, 0.4) is 0 Å². The molecule has 0 unspecified atom stereocenters. The molecular formula is C53H45N. The van der Waals surface area contributed by atoms with Gasteiger partial charge in [-0.1, -0.05) is 173 Å². The molecule has 8 aromatic carbocycles. The maximum atomic E-state index is 2.51. The van der Waals surface area contributed by atoms with Crippen LogP contribution in [0.1, 0.15) is 68.6 Å². The normalized spacial score (nSPS) is 14.9. The Morgan fingerprint density at radius 1 is 0.463 bits per heavy atom. The summed E-state index contributed by atoms with van der Waals surface area (Å²) < 4.78 is 0. The first-order chi connectivity index (χ1) is 26.5. The van der Waals surface area contributed by atoms with Crippen LogP contribution in [0.25, 0.3) is 54.9 Å². The molecule has 1 heteroatoms. The Labute approximate surface area is 319 Å². The van der Waals surface area contributed by atoms with Crippen molar-refractivity contribution in [2.24, 2.45) is 0 Å². The number of hydrogen-bond donors (Lipinski definition) is 0. The van der Waals surface area contributed by atoms with Crippen LogP contribution in [-0.4, -0.2) is 0 Å². The Morgan fingerprint density at radius 3 is 1.94 bits per heavy atom. The Bertz CT molecular complexity index is 2670. The van der Waals surface area contributed by atoms with Crippen molar-refractivity contribution in [3.63, 3.8) is 0 Å². The van der Waals surface area contributed by atoms with Gasteiger partial charge < -0.3 is 4.90 Å². The van der Waals surface area contributed by atoms with Gasteiger partial charge in [-0.25, -0.2) is 0 Å². The molecule has 2 aliphatic carbocycles. The number of rotatable bonds is 6. The lowest BCUT2D eigenvalue weighted by Crippen LogP contribution is -2.15. The lowest BCUT2D eigenvalue weighted by atomic mass is 9.82. The molecule has 54 heavy (non-hydrogen) atoms.